The quantitative estimate of drug-likeness (QED) is 0.861. The molecule has 0 aliphatic carbocycles. The Hall–Kier alpha value is -2.17. The molecule has 0 aromatic carbocycles. The zero-order chi connectivity index (χ0) is 13.1. The van der Waals surface area contributed by atoms with Gasteiger partial charge in [-0.2, -0.15) is 0 Å². The Morgan fingerprint density at radius 1 is 1.61 bits per heavy atom. The highest BCUT2D eigenvalue weighted by Crippen LogP contribution is 2.09. The molecule has 0 saturated carbocycles. The predicted molar refractivity (Wildman–Crippen MR) is 69.2 cm³/mol. The van der Waals surface area contributed by atoms with E-state index in [9.17, 15) is 4.79 Å². The minimum atomic E-state index is -0.131. The van der Waals surface area contributed by atoms with Crippen LogP contribution in [0.25, 0.3) is 0 Å². The molecule has 2 aromatic rings. The van der Waals surface area contributed by atoms with Crippen LogP contribution in [0.15, 0.2) is 35.1 Å². The second-order valence-corrected chi connectivity index (χ2v) is 4.43. The summed E-state index contributed by atoms with van der Waals surface area (Å²) < 4.78 is 6.96. The van der Waals surface area contributed by atoms with Crippen molar-refractivity contribution in [2.45, 2.75) is 19.4 Å². The Morgan fingerprint density at radius 3 is 2.94 bits per heavy atom. The molecule has 0 fully saturated rings. The maximum atomic E-state index is 12.0. The lowest BCUT2D eigenvalue weighted by Gasteiger charge is -2.12. The van der Waals surface area contributed by atoms with Gasteiger partial charge in [0.2, 0.25) is 0 Å². The molecule has 1 atom stereocenters. The van der Waals surface area contributed by atoms with Crippen molar-refractivity contribution in [3.05, 3.63) is 42.1 Å². The number of amides is 1. The number of carbonyl (C=O) groups excluding carboxylic acids is 1. The fourth-order valence-electron chi connectivity index (χ4n) is 1.90. The van der Waals surface area contributed by atoms with Crippen LogP contribution in [0.4, 0.5) is 5.69 Å². The highest BCUT2D eigenvalue weighted by atomic mass is 16.3. The molecule has 0 aliphatic rings. The number of nitrogens with two attached hydrogens (primary N) is 1. The molecule has 5 nitrogen and oxygen atoms in total. The lowest BCUT2D eigenvalue weighted by Crippen LogP contribution is -2.34. The van der Waals surface area contributed by atoms with E-state index in [1.165, 1.54) is 0 Å². The van der Waals surface area contributed by atoms with Crippen LogP contribution in [0, 0.1) is 0 Å². The molecule has 5 heteroatoms. The number of carbonyl (C=O) groups is 1. The third-order valence-corrected chi connectivity index (χ3v) is 2.72. The number of aryl methyl sites for hydroxylation is 1. The molecular formula is C13H17N3O2. The van der Waals surface area contributed by atoms with E-state index in [1.807, 2.05) is 19.1 Å². The first kappa shape index (κ1) is 12.3. The number of nitrogen functional groups attached to an aromatic ring is 1. The lowest BCUT2D eigenvalue weighted by molar-refractivity contribution is 0.0931. The van der Waals surface area contributed by atoms with E-state index < -0.39 is 0 Å². The summed E-state index contributed by atoms with van der Waals surface area (Å²) in [4.78, 5) is 12.0. The fourth-order valence-corrected chi connectivity index (χ4v) is 1.90. The zero-order valence-corrected chi connectivity index (χ0v) is 10.5. The molecule has 0 saturated heterocycles. The largest absolute Gasteiger partial charge is 0.469 e. The van der Waals surface area contributed by atoms with Gasteiger partial charge in [-0.05, 0) is 25.1 Å². The number of furan rings is 1. The van der Waals surface area contributed by atoms with Gasteiger partial charge in [-0.15, -0.1) is 0 Å². The van der Waals surface area contributed by atoms with Crippen molar-refractivity contribution in [3.63, 3.8) is 0 Å². The third kappa shape index (κ3) is 2.74. The number of nitrogens with zero attached hydrogens (tertiary/aromatic N) is 1. The maximum Gasteiger partial charge on any atom is 0.268 e. The average Bonchev–Trinajstić information content (AvgIpc) is 2.88. The van der Waals surface area contributed by atoms with Crippen LogP contribution in [0.3, 0.4) is 0 Å². The first-order chi connectivity index (χ1) is 8.56. The van der Waals surface area contributed by atoms with Crippen LogP contribution in [-0.4, -0.2) is 16.5 Å². The summed E-state index contributed by atoms with van der Waals surface area (Å²) in [6.45, 7) is 1.94. The van der Waals surface area contributed by atoms with Crippen molar-refractivity contribution in [2.24, 2.45) is 7.05 Å². The number of hydrogen-bond donors (Lipinski definition) is 2. The predicted octanol–water partition coefficient (Wildman–Crippen LogP) is 1.56. The molecule has 2 aromatic heterocycles. The van der Waals surface area contributed by atoms with Gasteiger partial charge >= 0.3 is 0 Å². The van der Waals surface area contributed by atoms with Crippen molar-refractivity contribution in [1.29, 1.82) is 0 Å². The van der Waals surface area contributed by atoms with Crippen molar-refractivity contribution in [3.8, 4) is 0 Å². The van der Waals surface area contributed by atoms with Gasteiger partial charge < -0.3 is 20.0 Å². The second-order valence-electron chi connectivity index (χ2n) is 4.43. The highest BCUT2D eigenvalue weighted by Gasteiger charge is 2.14. The lowest BCUT2D eigenvalue weighted by atomic mass is 10.2. The Bertz CT molecular complexity index is 528. The van der Waals surface area contributed by atoms with E-state index in [4.69, 9.17) is 10.2 Å². The van der Waals surface area contributed by atoms with E-state index in [0.29, 0.717) is 17.8 Å². The number of hydrogen-bond acceptors (Lipinski definition) is 3. The summed E-state index contributed by atoms with van der Waals surface area (Å²) in [5.74, 6) is 0.724. The van der Waals surface area contributed by atoms with Crippen LogP contribution < -0.4 is 11.1 Å². The Balaban J connectivity index is 1.97. The SMILES string of the molecule is CC(Cc1ccco1)NC(=O)c1cc(N)cn1C. The second kappa shape index (κ2) is 5.00. The fraction of sp³-hybridized carbons (Fsp3) is 0.308. The van der Waals surface area contributed by atoms with Crippen molar-refractivity contribution in [2.75, 3.05) is 5.73 Å². The minimum Gasteiger partial charge on any atom is -0.469 e. The number of rotatable bonds is 4. The van der Waals surface area contributed by atoms with Crippen LogP contribution in [-0.2, 0) is 13.5 Å². The van der Waals surface area contributed by atoms with Gasteiger partial charge in [-0.1, -0.05) is 0 Å². The molecule has 0 spiro atoms. The Kier molecular flexibility index (Phi) is 3.41. The van der Waals surface area contributed by atoms with Gasteiger partial charge in [0.25, 0.3) is 5.91 Å². The number of nitrogens with one attached hydrogen (secondary N) is 1. The third-order valence-electron chi connectivity index (χ3n) is 2.72. The summed E-state index contributed by atoms with van der Waals surface area (Å²) in [6, 6.07) is 5.39. The summed E-state index contributed by atoms with van der Waals surface area (Å²) >= 11 is 0. The first-order valence-electron chi connectivity index (χ1n) is 5.81. The van der Waals surface area contributed by atoms with E-state index in [2.05, 4.69) is 5.32 Å². The Labute approximate surface area is 106 Å². The van der Waals surface area contributed by atoms with E-state index in [1.54, 1.807) is 30.1 Å². The van der Waals surface area contributed by atoms with Gasteiger partial charge in [0, 0.05) is 25.7 Å². The highest BCUT2D eigenvalue weighted by molar-refractivity contribution is 5.93. The van der Waals surface area contributed by atoms with Crippen LogP contribution >= 0.6 is 0 Å². The minimum absolute atomic E-state index is 0.000209. The topological polar surface area (TPSA) is 73.2 Å². The van der Waals surface area contributed by atoms with Gasteiger partial charge in [0.1, 0.15) is 11.5 Å². The monoisotopic (exact) mass is 247 g/mol. The van der Waals surface area contributed by atoms with Gasteiger partial charge in [-0.3, -0.25) is 4.79 Å². The average molecular weight is 247 g/mol. The molecule has 0 bridgehead atoms. The van der Waals surface area contributed by atoms with E-state index >= 15 is 0 Å². The summed E-state index contributed by atoms with van der Waals surface area (Å²) in [6.07, 6.45) is 4.01. The molecule has 2 rings (SSSR count). The normalized spacial score (nSPS) is 12.3. The standard InChI is InChI=1S/C13H17N3O2/c1-9(6-11-4-3-5-18-11)15-13(17)12-7-10(14)8-16(12)2/h3-5,7-9H,6,14H2,1-2H3,(H,15,17). The summed E-state index contributed by atoms with van der Waals surface area (Å²) in [7, 11) is 1.79. The first-order valence-corrected chi connectivity index (χ1v) is 5.81. The molecule has 0 aliphatic heterocycles. The molecule has 1 unspecified atom stereocenters. The molecule has 0 radical (unpaired) electrons. The van der Waals surface area contributed by atoms with E-state index in [0.717, 1.165) is 5.76 Å². The maximum absolute atomic E-state index is 12.0. The van der Waals surface area contributed by atoms with Crippen molar-refractivity contribution in [1.82, 2.24) is 9.88 Å². The molecule has 3 N–H and O–H groups in total. The molecule has 18 heavy (non-hydrogen) atoms. The van der Waals surface area contributed by atoms with E-state index in [-0.39, 0.29) is 11.9 Å². The summed E-state index contributed by atoms with van der Waals surface area (Å²) in [5, 5.41) is 2.91. The molecule has 2 heterocycles. The Morgan fingerprint density at radius 2 is 2.39 bits per heavy atom. The smallest absolute Gasteiger partial charge is 0.268 e. The number of aromatic nitrogens is 1. The van der Waals surface area contributed by atoms with Gasteiger partial charge in [0.05, 0.1) is 12.0 Å². The molecular weight excluding hydrogens is 230 g/mol. The summed E-state index contributed by atoms with van der Waals surface area (Å²) in [5.41, 5.74) is 6.78. The van der Waals surface area contributed by atoms with Gasteiger partial charge in [-0.25, -0.2) is 0 Å². The number of anilines is 1. The van der Waals surface area contributed by atoms with Crippen molar-refractivity contribution >= 4 is 11.6 Å². The van der Waals surface area contributed by atoms with Gasteiger partial charge in [0.15, 0.2) is 0 Å². The zero-order valence-electron chi connectivity index (χ0n) is 10.5. The van der Waals surface area contributed by atoms with Crippen LogP contribution in [0.5, 0.6) is 0 Å². The molecule has 1 amide bonds. The van der Waals surface area contributed by atoms with Crippen molar-refractivity contribution < 1.29 is 9.21 Å². The van der Waals surface area contributed by atoms with Crippen LogP contribution in [0.2, 0.25) is 0 Å². The molecule has 96 valence electrons. The van der Waals surface area contributed by atoms with Crippen LogP contribution in [0.1, 0.15) is 23.2 Å².